The summed E-state index contributed by atoms with van der Waals surface area (Å²) in [4.78, 5) is 19.4. The van der Waals surface area contributed by atoms with E-state index in [-0.39, 0.29) is 5.91 Å². The van der Waals surface area contributed by atoms with Gasteiger partial charge in [0.05, 0.1) is 17.5 Å². The van der Waals surface area contributed by atoms with Crippen LogP contribution in [0.5, 0.6) is 0 Å². The second-order valence-corrected chi connectivity index (χ2v) is 7.50. The van der Waals surface area contributed by atoms with Crippen molar-refractivity contribution in [1.29, 1.82) is 0 Å². The Morgan fingerprint density at radius 3 is 2.76 bits per heavy atom. The first kappa shape index (κ1) is 19.2. The summed E-state index contributed by atoms with van der Waals surface area (Å²) in [6.07, 6.45) is 0.682. The largest absolute Gasteiger partial charge is 0.416 e. The quantitative estimate of drug-likeness (QED) is 0.501. The van der Waals surface area contributed by atoms with E-state index in [2.05, 4.69) is 10.1 Å². The number of benzene rings is 1. The van der Waals surface area contributed by atoms with Crippen LogP contribution in [0.4, 0.5) is 13.2 Å². The maximum absolute atomic E-state index is 13.0. The Kier molecular flexibility index (Phi) is 4.65. The summed E-state index contributed by atoms with van der Waals surface area (Å²) in [5, 5.41) is 5.78. The molecule has 0 atom stereocenters. The molecule has 150 valence electrons. The number of fused-ring (bicyclic) bond motifs is 1. The molecule has 4 rings (SSSR count). The number of aryl methyl sites for hydroxylation is 1. The van der Waals surface area contributed by atoms with Crippen LogP contribution in [0.1, 0.15) is 21.6 Å². The average molecular weight is 419 g/mol. The molecule has 0 radical (unpaired) electrons. The number of amides is 1. The summed E-state index contributed by atoms with van der Waals surface area (Å²) < 4.78 is 42.2. The molecule has 0 fully saturated rings. The Hall–Kier alpha value is -3.14. The fourth-order valence-electron chi connectivity index (χ4n) is 3.03. The maximum Gasteiger partial charge on any atom is 0.416 e. The Morgan fingerprint density at radius 1 is 1.28 bits per heavy atom. The van der Waals surface area contributed by atoms with Crippen molar-refractivity contribution in [2.24, 2.45) is 7.05 Å². The second kappa shape index (κ2) is 7.03. The van der Waals surface area contributed by atoms with Gasteiger partial charge in [0.25, 0.3) is 5.91 Å². The molecule has 3 heterocycles. The predicted octanol–water partition coefficient (Wildman–Crippen LogP) is 4.09. The van der Waals surface area contributed by atoms with Crippen LogP contribution in [0.2, 0.25) is 0 Å². The fourth-order valence-corrected chi connectivity index (χ4v) is 3.87. The van der Waals surface area contributed by atoms with Gasteiger partial charge in [0.1, 0.15) is 5.69 Å². The molecule has 10 heteroatoms. The lowest BCUT2D eigenvalue weighted by atomic mass is 10.1. The standard InChI is InChI=1S/C19H16F3N5OS/c1-25(8-12-7-23-26(2)9-12)17(28)16-11-29-18-24-15(10-27(16)18)13-4-3-5-14(6-13)19(20,21)22/h3-7,9-11H,8H2,1-2H3. The number of rotatable bonds is 4. The van der Waals surface area contributed by atoms with Crippen LogP contribution >= 0.6 is 11.3 Å². The molecule has 3 aromatic heterocycles. The molecule has 0 saturated heterocycles. The molecule has 0 aliphatic rings. The van der Waals surface area contributed by atoms with E-state index in [0.29, 0.717) is 28.5 Å². The minimum atomic E-state index is -4.43. The van der Waals surface area contributed by atoms with E-state index in [9.17, 15) is 18.0 Å². The van der Waals surface area contributed by atoms with Crippen molar-refractivity contribution in [3.8, 4) is 11.3 Å². The molecule has 0 aliphatic carbocycles. The zero-order valence-electron chi connectivity index (χ0n) is 15.5. The second-order valence-electron chi connectivity index (χ2n) is 6.66. The van der Waals surface area contributed by atoms with Gasteiger partial charge < -0.3 is 4.90 Å². The third-order valence-electron chi connectivity index (χ3n) is 4.44. The molecule has 4 aromatic rings. The van der Waals surface area contributed by atoms with Crippen molar-refractivity contribution >= 4 is 22.2 Å². The monoisotopic (exact) mass is 419 g/mol. The van der Waals surface area contributed by atoms with Gasteiger partial charge in [-0.25, -0.2) is 4.98 Å². The number of nitrogens with zero attached hydrogens (tertiary/aromatic N) is 5. The van der Waals surface area contributed by atoms with Gasteiger partial charge in [-0.2, -0.15) is 18.3 Å². The topological polar surface area (TPSA) is 55.4 Å². The number of imidazole rings is 1. The van der Waals surface area contributed by atoms with E-state index in [4.69, 9.17) is 0 Å². The Bertz CT molecular complexity index is 1190. The predicted molar refractivity (Wildman–Crippen MR) is 103 cm³/mol. The lowest BCUT2D eigenvalue weighted by molar-refractivity contribution is -0.137. The number of carbonyl (C=O) groups excluding carboxylic acids is 1. The highest BCUT2D eigenvalue weighted by molar-refractivity contribution is 7.15. The van der Waals surface area contributed by atoms with Gasteiger partial charge in [-0.05, 0) is 12.1 Å². The van der Waals surface area contributed by atoms with Gasteiger partial charge in [0, 0.05) is 49.5 Å². The molecule has 29 heavy (non-hydrogen) atoms. The van der Waals surface area contributed by atoms with E-state index in [1.165, 1.54) is 17.4 Å². The molecule has 0 saturated carbocycles. The summed E-state index contributed by atoms with van der Waals surface area (Å²) in [5.74, 6) is -0.215. The first-order valence-electron chi connectivity index (χ1n) is 8.59. The lowest BCUT2D eigenvalue weighted by Gasteiger charge is -2.15. The molecular weight excluding hydrogens is 403 g/mol. The van der Waals surface area contributed by atoms with Crippen molar-refractivity contribution < 1.29 is 18.0 Å². The number of aromatic nitrogens is 4. The van der Waals surface area contributed by atoms with Crippen LogP contribution in [0, 0.1) is 0 Å². The van der Waals surface area contributed by atoms with E-state index in [0.717, 1.165) is 17.7 Å². The molecule has 6 nitrogen and oxygen atoms in total. The van der Waals surface area contributed by atoms with Crippen molar-refractivity contribution in [2.45, 2.75) is 12.7 Å². The summed E-state index contributed by atoms with van der Waals surface area (Å²) in [6.45, 7) is 0.388. The minimum Gasteiger partial charge on any atom is -0.336 e. The molecule has 0 bridgehead atoms. The van der Waals surface area contributed by atoms with Crippen LogP contribution < -0.4 is 0 Å². The summed E-state index contributed by atoms with van der Waals surface area (Å²) in [5.41, 5.74) is 1.29. The summed E-state index contributed by atoms with van der Waals surface area (Å²) in [7, 11) is 3.48. The Morgan fingerprint density at radius 2 is 2.07 bits per heavy atom. The van der Waals surface area contributed by atoms with Crippen LogP contribution in [-0.2, 0) is 19.8 Å². The highest BCUT2D eigenvalue weighted by atomic mass is 32.1. The molecule has 0 unspecified atom stereocenters. The smallest absolute Gasteiger partial charge is 0.336 e. The minimum absolute atomic E-state index is 0.215. The molecule has 0 N–H and O–H groups in total. The number of alkyl halides is 3. The van der Waals surface area contributed by atoms with E-state index in [1.54, 1.807) is 51.9 Å². The first-order valence-corrected chi connectivity index (χ1v) is 9.47. The Labute approximate surface area is 167 Å². The maximum atomic E-state index is 13.0. The van der Waals surface area contributed by atoms with Crippen molar-refractivity contribution in [2.75, 3.05) is 7.05 Å². The van der Waals surface area contributed by atoms with Gasteiger partial charge >= 0.3 is 6.18 Å². The number of hydrogen-bond acceptors (Lipinski definition) is 4. The summed E-state index contributed by atoms with van der Waals surface area (Å²) >= 11 is 1.26. The lowest BCUT2D eigenvalue weighted by Crippen LogP contribution is -2.27. The van der Waals surface area contributed by atoms with Crippen molar-refractivity contribution in [3.63, 3.8) is 0 Å². The van der Waals surface area contributed by atoms with Crippen LogP contribution in [0.3, 0.4) is 0 Å². The molecule has 0 aliphatic heterocycles. The molecule has 1 aromatic carbocycles. The number of halogens is 3. The van der Waals surface area contributed by atoms with Crippen LogP contribution in [-0.4, -0.2) is 37.0 Å². The van der Waals surface area contributed by atoms with Gasteiger partial charge in [0.15, 0.2) is 4.96 Å². The third kappa shape index (κ3) is 3.75. The van der Waals surface area contributed by atoms with Gasteiger partial charge in [-0.3, -0.25) is 13.9 Å². The van der Waals surface area contributed by atoms with Crippen molar-refractivity contribution in [1.82, 2.24) is 24.1 Å². The number of carbonyl (C=O) groups is 1. The van der Waals surface area contributed by atoms with E-state index in [1.807, 2.05) is 6.20 Å². The van der Waals surface area contributed by atoms with Crippen LogP contribution in [0.25, 0.3) is 16.2 Å². The van der Waals surface area contributed by atoms with Gasteiger partial charge in [0.2, 0.25) is 0 Å². The molecule has 0 spiro atoms. The zero-order valence-corrected chi connectivity index (χ0v) is 16.3. The highest BCUT2D eigenvalue weighted by Gasteiger charge is 2.30. The van der Waals surface area contributed by atoms with E-state index < -0.39 is 11.7 Å². The molecular formula is C19H16F3N5OS. The highest BCUT2D eigenvalue weighted by Crippen LogP contribution is 2.32. The average Bonchev–Trinajstić information content (AvgIpc) is 3.36. The van der Waals surface area contributed by atoms with Gasteiger partial charge in [-0.1, -0.05) is 12.1 Å². The zero-order chi connectivity index (χ0) is 20.8. The van der Waals surface area contributed by atoms with Gasteiger partial charge in [-0.15, -0.1) is 11.3 Å². The fraction of sp³-hybridized carbons (Fsp3) is 0.211. The third-order valence-corrected chi connectivity index (χ3v) is 5.28. The molecule has 1 amide bonds. The van der Waals surface area contributed by atoms with E-state index >= 15 is 0 Å². The Balaban J connectivity index is 1.63. The van der Waals surface area contributed by atoms with Crippen LogP contribution in [0.15, 0.2) is 48.2 Å². The normalized spacial score (nSPS) is 11.9. The number of thiazole rings is 1. The van der Waals surface area contributed by atoms with Crippen molar-refractivity contribution in [3.05, 3.63) is 65.1 Å². The SMILES string of the molecule is CN(Cc1cnn(C)c1)C(=O)c1csc2nc(-c3cccc(C(F)(F)F)c3)cn12. The first-order chi connectivity index (χ1) is 13.7. The number of hydrogen-bond donors (Lipinski definition) is 0. The summed E-state index contributed by atoms with van der Waals surface area (Å²) in [6, 6.07) is 4.99.